The van der Waals surface area contributed by atoms with Crippen molar-refractivity contribution < 1.29 is 4.74 Å². The van der Waals surface area contributed by atoms with Gasteiger partial charge in [0.25, 0.3) is 0 Å². The van der Waals surface area contributed by atoms with Gasteiger partial charge in [-0.2, -0.15) is 5.10 Å². The summed E-state index contributed by atoms with van der Waals surface area (Å²) in [5.74, 6) is 0. The van der Waals surface area contributed by atoms with Crippen LogP contribution in [-0.2, 0) is 19.4 Å². The van der Waals surface area contributed by atoms with E-state index >= 15 is 0 Å². The molecule has 6 nitrogen and oxygen atoms in total. The average molecular weight is 289 g/mol. The SMILES string of the molecule is CCOc1cc2c(s1)CCc1cnn(CCN=[N+]=[N-])c1-2. The van der Waals surface area contributed by atoms with Crippen LogP contribution < -0.4 is 4.74 Å². The lowest BCUT2D eigenvalue weighted by Gasteiger charge is -2.14. The van der Waals surface area contributed by atoms with Gasteiger partial charge >= 0.3 is 0 Å². The second-order valence-electron chi connectivity index (χ2n) is 4.53. The van der Waals surface area contributed by atoms with Crippen molar-refractivity contribution >= 4 is 11.3 Å². The molecule has 20 heavy (non-hydrogen) atoms. The van der Waals surface area contributed by atoms with Gasteiger partial charge in [0.15, 0.2) is 5.06 Å². The van der Waals surface area contributed by atoms with Gasteiger partial charge in [0.05, 0.1) is 18.5 Å². The fourth-order valence-corrected chi connectivity index (χ4v) is 3.59. The summed E-state index contributed by atoms with van der Waals surface area (Å²) >= 11 is 1.72. The second kappa shape index (κ2) is 5.56. The van der Waals surface area contributed by atoms with Crippen molar-refractivity contribution in [1.82, 2.24) is 9.78 Å². The maximum atomic E-state index is 8.37. The van der Waals surface area contributed by atoms with Crippen LogP contribution >= 0.6 is 11.3 Å². The molecule has 0 aromatic carbocycles. The number of aromatic nitrogens is 2. The van der Waals surface area contributed by atoms with E-state index in [-0.39, 0.29) is 0 Å². The Balaban J connectivity index is 1.96. The highest BCUT2D eigenvalue weighted by Crippen LogP contribution is 2.41. The van der Waals surface area contributed by atoms with Gasteiger partial charge in [-0.05, 0) is 30.9 Å². The molecule has 3 rings (SSSR count). The molecule has 1 aliphatic rings. The zero-order valence-corrected chi connectivity index (χ0v) is 12.1. The fourth-order valence-electron chi connectivity index (χ4n) is 2.52. The van der Waals surface area contributed by atoms with E-state index < -0.39 is 0 Å². The molecule has 0 aliphatic heterocycles. The maximum absolute atomic E-state index is 8.37. The first-order chi connectivity index (χ1) is 9.83. The number of rotatable bonds is 5. The van der Waals surface area contributed by atoms with Crippen molar-refractivity contribution in [2.24, 2.45) is 5.11 Å². The average Bonchev–Trinajstić information content (AvgIpc) is 3.02. The molecule has 0 N–H and O–H groups in total. The standard InChI is InChI=1S/C13H15N5OS/c1-2-19-12-7-10-11(20-12)4-3-9-8-16-18(13(9)10)6-5-15-17-14/h7-8H,2-6H2,1H3. The van der Waals surface area contributed by atoms with Crippen molar-refractivity contribution in [2.45, 2.75) is 26.3 Å². The lowest BCUT2D eigenvalue weighted by molar-refractivity contribution is 0.350. The van der Waals surface area contributed by atoms with Gasteiger partial charge in [0.1, 0.15) is 0 Å². The highest BCUT2D eigenvalue weighted by Gasteiger charge is 2.23. The molecule has 0 amide bonds. The molecule has 0 atom stereocenters. The zero-order valence-electron chi connectivity index (χ0n) is 11.2. The number of hydrogen-bond donors (Lipinski definition) is 0. The highest BCUT2D eigenvalue weighted by molar-refractivity contribution is 7.14. The molecule has 2 aromatic heterocycles. The number of ether oxygens (including phenoxy) is 1. The second-order valence-corrected chi connectivity index (χ2v) is 5.63. The lowest BCUT2D eigenvalue weighted by Crippen LogP contribution is -2.08. The number of hydrogen-bond acceptors (Lipinski definition) is 4. The van der Waals surface area contributed by atoms with Crippen molar-refractivity contribution in [3.05, 3.63) is 33.1 Å². The van der Waals surface area contributed by atoms with Crippen LogP contribution in [0.3, 0.4) is 0 Å². The van der Waals surface area contributed by atoms with Crippen molar-refractivity contribution in [3.8, 4) is 16.3 Å². The van der Waals surface area contributed by atoms with Gasteiger partial charge in [0.2, 0.25) is 0 Å². The van der Waals surface area contributed by atoms with E-state index in [1.165, 1.54) is 16.0 Å². The van der Waals surface area contributed by atoms with E-state index in [1.807, 2.05) is 17.8 Å². The summed E-state index contributed by atoms with van der Waals surface area (Å²) in [7, 11) is 0. The minimum absolute atomic E-state index is 0.419. The quantitative estimate of drug-likeness (QED) is 0.480. The number of thiophene rings is 1. The third kappa shape index (κ3) is 2.26. The topological polar surface area (TPSA) is 75.8 Å². The van der Waals surface area contributed by atoms with Crippen LogP contribution in [0.15, 0.2) is 17.4 Å². The molecule has 0 saturated heterocycles. The maximum Gasteiger partial charge on any atom is 0.174 e. The molecular weight excluding hydrogens is 274 g/mol. The van der Waals surface area contributed by atoms with E-state index in [1.54, 1.807) is 11.3 Å². The van der Waals surface area contributed by atoms with Crippen molar-refractivity contribution in [3.63, 3.8) is 0 Å². The van der Waals surface area contributed by atoms with Gasteiger partial charge in [-0.25, -0.2) is 0 Å². The zero-order chi connectivity index (χ0) is 13.9. The molecule has 104 valence electrons. The predicted molar refractivity (Wildman–Crippen MR) is 78.1 cm³/mol. The fraction of sp³-hybridized carbons (Fsp3) is 0.462. The molecule has 0 fully saturated rings. The van der Waals surface area contributed by atoms with Crippen LogP contribution in [0.2, 0.25) is 0 Å². The number of aryl methyl sites for hydroxylation is 2. The van der Waals surface area contributed by atoms with Gasteiger partial charge in [-0.3, -0.25) is 4.68 Å². The third-order valence-corrected chi connectivity index (χ3v) is 4.45. The minimum atomic E-state index is 0.419. The first kappa shape index (κ1) is 13.0. The Morgan fingerprint density at radius 3 is 3.25 bits per heavy atom. The minimum Gasteiger partial charge on any atom is -0.484 e. The van der Waals surface area contributed by atoms with Gasteiger partial charge in [0, 0.05) is 34.5 Å². The monoisotopic (exact) mass is 289 g/mol. The molecule has 0 radical (unpaired) electrons. The highest BCUT2D eigenvalue weighted by atomic mass is 32.1. The van der Waals surface area contributed by atoms with Crippen LogP contribution in [0.25, 0.3) is 21.7 Å². The summed E-state index contributed by atoms with van der Waals surface area (Å²) in [5, 5.41) is 8.97. The van der Waals surface area contributed by atoms with Gasteiger partial charge in [-0.1, -0.05) is 5.11 Å². The normalized spacial score (nSPS) is 12.4. The molecule has 7 heteroatoms. The molecule has 0 spiro atoms. The lowest BCUT2D eigenvalue weighted by atomic mass is 9.97. The summed E-state index contributed by atoms with van der Waals surface area (Å²) in [6.45, 7) is 3.71. The van der Waals surface area contributed by atoms with Gasteiger partial charge < -0.3 is 4.74 Å². The van der Waals surface area contributed by atoms with Crippen LogP contribution in [-0.4, -0.2) is 22.9 Å². The Morgan fingerprint density at radius 2 is 2.45 bits per heavy atom. The summed E-state index contributed by atoms with van der Waals surface area (Å²) in [5.41, 5.74) is 12.0. The number of fused-ring (bicyclic) bond motifs is 3. The Kier molecular flexibility index (Phi) is 3.62. The first-order valence-electron chi connectivity index (χ1n) is 6.65. The summed E-state index contributed by atoms with van der Waals surface area (Å²) in [6, 6.07) is 2.10. The smallest absolute Gasteiger partial charge is 0.174 e. The molecule has 2 aromatic rings. The molecule has 0 saturated carbocycles. The Morgan fingerprint density at radius 1 is 1.55 bits per heavy atom. The van der Waals surface area contributed by atoms with E-state index in [2.05, 4.69) is 21.2 Å². The number of nitrogens with zero attached hydrogens (tertiary/aromatic N) is 5. The van der Waals surface area contributed by atoms with Crippen LogP contribution in [0, 0.1) is 0 Å². The molecular formula is C13H15N5OS. The van der Waals surface area contributed by atoms with Crippen LogP contribution in [0.1, 0.15) is 17.4 Å². The van der Waals surface area contributed by atoms with E-state index in [4.69, 9.17) is 10.3 Å². The van der Waals surface area contributed by atoms with Crippen molar-refractivity contribution in [1.29, 1.82) is 0 Å². The van der Waals surface area contributed by atoms with Crippen molar-refractivity contribution in [2.75, 3.05) is 13.2 Å². The van der Waals surface area contributed by atoms with E-state index in [9.17, 15) is 0 Å². The summed E-state index contributed by atoms with van der Waals surface area (Å²) in [6.07, 6.45) is 3.98. The van der Waals surface area contributed by atoms with E-state index in [0.29, 0.717) is 19.7 Å². The molecule has 2 heterocycles. The summed E-state index contributed by atoms with van der Waals surface area (Å²) < 4.78 is 7.55. The largest absolute Gasteiger partial charge is 0.484 e. The molecule has 0 bridgehead atoms. The number of azide groups is 1. The Bertz CT molecular complexity index is 668. The first-order valence-corrected chi connectivity index (χ1v) is 7.46. The molecule has 1 aliphatic carbocycles. The van der Waals surface area contributed by atoms with Crippen LogP contribution in [0.4, 0.5) is 0 Å². The van der Waals surface area contributed by atoms with E-state index in [0.717, 1.165) is 23.6 Å². The third-order valence-electron chi connectivity index (χ3n) is 3.34. The predicted octanol–water partition coefficient (Wildman–Crippen LogP) is 3.42. The van der Waals surface area contributed by atoms with Crippen LogP contribution in [0.5, 0.6) is 5.06 Å². The Labute approximate surface area is 120 Å². The Hall–Kier alpha value is -1.98. The molecule has 0 unspecified atom stereocenters. The summed E-state index contributed by atoms with van der Waals surface area (Å²) in [4.78, 5) is 4.14. The van der Waals surface area contributed by atoms with Gasteiger partial charge in [-0.15, -0.1) is 11.3 Å².